The Morgan fingerprint density at radius 2 is 1.85 bits per heavy atom. The monoisotopic (exact) mass is 465 g/mol. The molecule has 0 spiro atoms. The van der Waals surface area contributed by atoms with Crippen molar-refractivity contribution in [2.24, 2.45) is 5.92 Å². The van der Waals surface area contributed by atoms with E-state index in [1.54, 1.807) is 17.9 Å². The highest BCUT2D eigenvalue weighted by Crippen LogP contribution is 2.28. The van der Waals surface area contributed by atoms with Gasteiger partial charge in [0.15, 0.2) is 0 Å². The zero-order chi connectivity index (χ0) is 23.5. The van der Waals surface area contributed by atoms with E-state index in [4.69, 9.17) is 0 Å². The molecule has 0 unspecified atom stereocenters. The number of hydrogen-bond donors (Lipinski definition) is 1. The lowest BCUT2D eigenvalue weighted by molar-refractivity contribution is -0.126. The van der Waals surface area contributed by atoms with Crippen LogP contribution in [-0.4, -0.2) is 34.8 Å². The second kappa shape index (κ2) is 9.83. The molecule has 1 aliphatic heterocycles. The fraction of sp³-hybridized carbons (Fsp3) is 0.346. The highest BCUT2D eigenvalue weighted by Gasteiger charge is 2.28. The second-order valence-corrected chi connectivity index (χ2v) is 9.58. The van der Waals surface area contributed by atoms with Crippen LogP contribution in [0, 0.1) is 32.5 Å². The van der Waals surface area contributed by atoms with Crippen LogP contribution in [-0.2, 0) is 11.3 Å². The number of piperidine rings is 1. The number of aryl methyl sites for hydroxylation is 3. The minimum absolute atomic E-state index is 0.0473. The maximum atomic E-state index is 13.7. The number of halogens is 1. The zero-order valence-corrected chi connectivity index (χ0v) is 20.0. The van der Waals surface area contributed by atoms with E-state index < -0.39 is 0 Å². The summed E-state index contributed by atoms with van der Waals surface area (Å²) in [7, 11) is 0. The van der Waals surface area contributed by atoms with Crippen LogP contribution in [0.3, 0.4) is 0 Å². The highest BCUT2D eigenvalue weighted by atomic mass is 32.1. The van der Waals surface area contributed by atoms with Gasteiger partial charge in [0.2, 0.25) is 5.91 Å². The Kier molecular flexibility index (Phi) is 6.88. The number of hydrogen-bond acceptors (Lipinski definition) is 4. The smallest absolute Gasteiger partial charge is 0.273 e. The third-order valence-electron chi connectivity index (χ3n) is 6.19. The molecule has 1 saturated heterocycles. The van der Waals surface area contributed by atoms with Crippen molar-refractivity contribution < 1.29 is 14.0 Å². The van der Waals surface area contributed by atoms with Gasteiger partial charge in [-0.25, -0.2) is 9.37 Å². The summed E-state index contributed by atoms with van der Waals surface area (Å²) in [6.45, 7) is 7.16. The molecule has 1 aliphatic rings. The summed E-state index contributed by atoms with van der Waals surface area (Å²) in [6.07, 6.45) is 1.21. The topological polar surface area (TPSA) is 62.3 Å². The lowest BCUT2D eigenvalue weighted by atomic mass is 9.95. The molecule has 172 valence electrons. The highest BCUT2D eigenvalue weighted by molar-refractivity contribution is 7.13. The first-order valence-electron chi connectivity index (χ1n) is 11.2. The normalized spacial score (nSPS) is 14.4. The zero-order valence-electron chi connectivity index (χ0n) is 19.2. The molecule has 0 bridgehead atoms. The molecule has 5 nitrogen and oxygen atoms in total. The summed E-state index contributed by atoms with van der Waals surface area (Å²) in [5.41, 5.74) is 5.17. The van der Waals surface area contributed by atoms with Crippen LogP contribution in [0.2, 0.25) is 0 Å². The molecule has 1 N–H and O–H groups in total. The molecule has 0 radical (unpaired) electrons. The molecular formula is C26H28FN3O2S. The Hall–Kier alpha value is -3.06. The predicted octanol–water partition coefficient (Wildman–Crippen LogP) is 5.04. The van der Waals surface area contributed by atoms with E-state index in [0.717, 1.165) is 21.7 Å². The van der Waals surface area contributed by atoms with Crippen molar-refractivity contribution in [2.45, 2.75) is 40.2 Å². The first-order valence-corrected chi connectivity index (χ1v) is 12.0. The number of aromatic nitrogens is 1. The Balaban J connectivity index is 1.31. The molecule has 0 saturated carbocycles. The van der Waals surface area contributed by atoms with Gasteiger partial charge >= 0.3 is 0 Å². The molecular weight excluding hydrogens is 437 g/mol. The first kappa shape index (κ1) is 23.1. The first-order chi connectivity index (χ1) is 15.8. The second-order valence-electron chi connectivity index (χ2n) is 8.72. The van der Waals surface area contributed by atoms with Crippen molar-refractivity contribution in [3.63, 3.8) is 0 Å². The summed E-state index contributed by atoms with van der Waals surface area (Å²) < 4.78 is 13.7. The van der Waals surface area contributed by atoms with Gasteiger partial charge in [-0.1, -0.05) is 35.9 Å². The average molecular weight is 466 g/mol. The summed E-state index contributed by atoms with van der Waals surface area (Å²) in [6, 6.07) is 11.2. The van der Waals surface area contributed by atoms with Gasteiger partial charge in [0.1, 0.15) is 16.5 Å². The van der Waals surface area contributed by atoms with Crippen LogP contribution in [0.4, 0.5) is 4.39 Å². The Morgan fingerprint density at radius 3 is 2.55 bits per heavy atom. The molecule has 2 heterocycles. The SMILES string of the molecule is Cc1ccc(-c2nc(C(=O)N3CCC(C(=O)NCc4ccc(C)c(F)c4)CC3)cs2)c(C)c1. The number of likely N-dealkylation sites (tertiary alicyclic amines) is 1. The van der Waals surface area contributed by atoms with Crippen molar-refractivity contribution in [2.75, 3.05) is 13.1 Å². The maximum Gasteiger partial charge on any atom is 0.273 e. The van der Waals surface area contributed by atoms with Crippen molar-refractivity contribution in [1.82, 2.24) is 15.2 Å². The fourth-order valence-corrected chi connectivity index (χ4v) is 5.02. The van der Waals surface area contributed by atoms with Crippen LogP contribution in [0.5, 0.6) is 0 Å². The van der Waals surface area contributed by atoms with E-state index in [1.807, 2.05) is 17.5 Å². The predicted molar refractivity (Wildman–Crippen MR) is 129 cm³/mol. The van der Waals surface area contributed by atoms with Gasteiger partial charge in [-0.15, -0.1) is 11.3 Å². The summed E-state index contributed by atoms with van der Waals surface area (Å²) in [5.74, 6) is -0.549. The summed E-state index contributed by atoms with van der Waals surface area (Å²) in [4.78, 5) is 31.9. The Morgan fingerprint density at radius 1 is 1.09 bits per heavy atom. The van der Waals surface area contributed by atoms with Crippen molar-refractivity contribution in [3.05, 3.63) is 75.5 Å². The maximum absolute atomic E-state index is 13.7. The molecule has 0 atom stereocenters. The van der Waals surface area contributed by atoms with Gasteiger partial charge < -0.3 is 10.2 Å². The number of nitrogens with zero attached hydrogens (tertiary/aromatic N) is 2. The van der Waals surface area contributed by atoms with Crippen molar-refractivity contribution in [1.29, 1.82) is 0 Å². The Bertz CT molecular complexity index is 1180. The minimum atomic E-state index is -0.267. The van der Waals surface area contributed by atoms with Crippen LogP contribution < -0.4 is 5.32 Å². The fourth-order valence-electron chi connectivity index (χ4n) is 4.14. The number of benzene rings is 2. The number of carbonyl (C=O) groups excluding carboxylic acids is 2. The molecule has 2 amide bonds. The van der Waals surface area contributed by atoms with E-state index in [1.165, 1.54) is 23.0 Å². The van der Waals surface area contributed by atoms with Gasteiger partial charge in [0.25, 0.3) is 5.91 Å². The molecule has 0 aliphatic carbocycles. The molecule has 33 heavy (non-hydrogen) atoms. The number of amides is 2. The number of thiazole rings is 1. The lowest BCUT2D eigenvalue weighted by Gasteiger charge is -2.31. The van der Waals surface area contributed by atoms with Gasteiger partial charge in [0.05, 0.1) is 0 Å². The van der Waals surface area contributed by atoms with E-state index in [2.05, 4.69) is 36.3 Å². The number of nitrogens with one attached hydrogen (secondary N) is 1. The van der Waals surface area contributed by atoms with Crippen molar-refractivity contribution in [3.8, 4) is 10.6 Å². The van der Waals surface area contributed by atoms with E-state index >= 15 is 0 Å². The molecule has 1 aromatic heterocycles. The van der Waals surface area contributed by atoms with Gasteiger partial charge in [-0.05, 0) is 56.4 Å². The van der Waals surface area contributed by atoms with E-state index in [0.29, 0.717) is 43.7 Å². The molecule has 1 fully saturated rings. The number of rotatable bonds is 5. The van der Waals surface area contributed by atoms with E-state index in [9.17, 15) is 14.0 Å². The summed E-state index contributed by atoms with van der Waals surface area (Å²) in [5, 5.41) is 5.56. The summed E-state index contributed by atoms with van der Waals surface area (Å²) >= 11 is 1.48. The van der Waals surface area contributed by atoms with Crippen LogP contribution in [0.25, 0.3) is 10.6 Å². The van der Waals surface area contributed by atoms with Crippen LogP contribution in [0.15, 0.2) is 41.8 Å². The Labute approximate surface area is 197 Å². The van der Waals surface area contributed by atoms with E-state index in [-0.39, 0.29) is 23.5 Å². The van der Waals surface area contributed by atoms with Gasteiger partial charge in [-0.2, -0.15) is 0 Å². The van der Waals surface area contributed by atoms with Crippen LogP contribution in [0.1, 0.15) is 45.6 Å². The van der Waals surface area contributed by atoms with Gasteiger partial charge in [0, 0.05) is 36.5 Å². The van der Waals surface area contributed by atoms with Crippen molar-refractivity contribution >= 4 is 23.2 Å². The minimum Gasteiger partial charge on any atom is -0.352 e. The molecule has 7 heteroatoms. The molecule has 2 aromatic carbocycles. The quantitative estimate of drug-likeness (QED) is 0.574. The standard InChI is InChI=1S/C26H28FN3O2S/c1-16-4-7-21(18(3)12-16)25-29-23(15-33-25)26(32)30-10-8-20(9-11-30)24(31)28-14-19-6-5-17(2)22(27)13-19/h4-7,12-13,15,20H,8-11,14H2,1-3H3,(H,28,31). The third kappa shape index (κ3) is 5.30. The molecule has 3 aromatic rings. The number of carbonyl (C=O) groups is 2. The molecule has 4 rings (SSSR count). The largest absolute Gasteiger partial charge is 0.352 e. The lowest BCUT2D eigenvalue weighted by Crippen LogP contribution is -2.43. The third-order valence-corrected chi connectivity index (χ3v) is 7.07. The van der Waals surface area contributed by atoms with Crippen LogP contribution >= 0.6 is 11.3 Å². The average Bonchev–Trinajstić information content (AvgIpc) is 3.29. The van der Waals surface area contributed by atoms with Gasteiger partial charge in [-0.3, -0.25) is 9.59 Å².